The van der Waals surface area contributed by atoms with Gasteiger partial charge in [-0.3, -0.25) is 9.69 Å². The molecule has 8 nitrogen and oxygen atoms in total. The maximum atomic E-state index is 12.7. The first-order valence-electron chi connectivity index (χ1n) is 9.94. The first-order chi connectivity index (χ1) is 14.8. The van der Waals surface area contributed by atoms with Gasteiger partial charge in [-0.15, -0.1) is 16.9 Å². The zero-order valence-corrected chi connectivity index (χ0v) is 17.4. The monoisotopic (exact) mass is 424 g/mol. The molecule has 156 valence electrons. The molecule has 9 heteroatoms. The van der Waals surface area contributed by atoms with Crippen molar-refractivity contribution in [2.75, 3.05) is 39.4 Å². The topological polar surface area (TPSA) is 85.2 Å². The van der Waals surface area contributed by atoms with E-state index in [0.29, 0.717) is 17.9 Å². The van der Waals surface area contributed by atoms with Gasteiger partial charge in [0.1, 0.15) is 0 Å². The van der Waals surface area contributed by atoms with Crippen molar-refractivity contribution in [2.24, 2.45) is 0 Å². The second-order valence-corrected chi connectivity index (χ2v) is 7.85. The minimum absolute atomic E-state index is 0.0611. The molecule has 0 aliphatic carbocycles. The number of nitrogens with zero attached hydrogens (tertiary/aromatic N) is 5. The summed E-state index contributed by atoms with van der Waals surface area (Å²) in [4.78, 5) is 15.9. The standard InChI is InChI=1S/C21H24N6O2S/c28-21(22-10-11-26-12-14-29-15-13-26)18-8-4-5-9-19(18)30-16-20-23-24-25-27(20)17-6-2-1-3-7-17/h1-9H,10-16H2,(H,22,28). The van der Waals surface area contributed by atoms with Crippen molar-refractivity contribution in [1.29, 1.82) is 0 Å². The Morgan fingerprint density at radius 3 is 2.67 bits per heavy atom. The van der Waals surface area contributed by atoms with E-state index in [2.05, 4.69) is 25.7 Å². The summed E-state index contributed by atoms with van der Waals surface area (Å²) in [6.45, 7) is 4.79. The molecule has 3 aromatic rings. The van der Waals surface area contributed by atoms with Crippen LogP contribution in [-0.2, 0) is 10.5 Å². The lowest BCUT2D eigenvalue weighted by molar-refractivity contribution is 0.0383. The van der Waals surface area contributed by atoms with Crippen LogP contribution in [0.3, 0.4) is 0 Å². The van der Waals surface area contributed by atoms with E-state index >= 15 is 0 Å². The Morgan fingerprint density at radius 2 is 1.83 bits per heavy atom. The van der Waals surface area contributed by atoms with Crippen molar-refractivity contribution in [2.45, 2.75) is 10.6 Å². The van der Waals surface area contributed by atoms with Crippen LogP contribution in [0.5, 0.6) is 0 Å². The number of rotatable bonds is 8. The fourth-order valence-corrected chi connectivity index (χ4v) is 4.19. The SMILES string of the molecule is O=C(NCCN1CCOCC1)c1ccccc1SCc1nnnn1-c1ccccc1. The third-order valence-corrected chi connectivity index (χ3v) is 5.91. The normalized spacial score (nSPS) is 14.5. The molecule has 0 spiro atoms. The van der Waals surface area contributed by atoms with Gasteiger partial charge in [0.2, 0.25) is 0 Å². The molecule has 30 heavy (non-hydrogen) atoms. The number of benzene rings is 2. The van der Waals surface area contributed by atoms with Crippen molar-refractivity contribution in [3.05, 3.63) is 66.0 Å². The summed E-state index contributed by atoms with van der Waals surface area (Å²) in [5.74, 6) is 1.22. The van der Waals surface area contributed by atoms with Crippen LogP contribution in [0.2, 0.25) is 0 Å². The van der Waals surface area contributed by atoms with E-state index < -0.39 is 0 Å². The molecule has 0 atom stereocenters. The molecular formula is C21H24N6O2S. The van der Waals surface area contributed by atoms with Gasteiger partial charge in [0, 0.05) is 31.1 Å². The second kappa shape index (κ2) is 10.3. The summed E-state index contributed by atoms with van der Waals surface area (Å²) in [6, 6.07) is 17.4. The van der Waals surface area contributed by atoms with Crippen molar-refractivity contribution in [3.8, 4) is 5.69 Å². The predicted molar refractivity (Wildman–Crippen MR) is 115 cm³/mol. The maximum Gasteiger partial charge on any atom is 0.252 e. The number of aromatic nitrogens is 4. The highest BCUT2D eigenvalue weighted by Crippen LogP contribution is 2.26. The average Bonchev–Trinajstić information content (AvgIpc) is 3.28. The summed E-state index contributed by atoms with van der Waals surface area (Å²) >= 11 is 1.55. The van der Waals surface area contributed by atoms with Crippen LogP contribution in [-0.4, -0.2) is 70.4 Å². The van der Waals surface area contributed by atoms with Crippen LogP contribution in [0.15, 0.2) is 59.5 Å². The van der Waals surface area contributed by atoms with Gasteiger partial charge in [-0.2, -0.15) is 4.68 Å². The third-order valence-electron chi connectivity index (χ3n) is 4.84. The largest absolute Gasteiger partial charge is 0.379 e. The number of tetrazole rings is 1. The van der Waals surface area contributed by atoms with E-state index in [1.807, 2.05) is 54.6 Å². The Morgan fingerprint density at radius 1 is 1.07 bits per heavy atom. The van der Waals surface area contributed by atoms with Crippen LogP contribution in [0.4, 0.5) is 0 Å². The molecule has 0 unspecified atom stereocenters. The van der Waals surface area contributed by atoms with Crippen molar-refractivity contribution < 1.29 is 9.53 Å². The van der Waals surface area contributed by atoms with Gasteiger partial charge in [-0.1, -0.05) is 30.3 Å². The maximum absolute atomic E-state index is 12.7. The molecule has 1 amide bonds. The van der Waals surface area contributed by atoms with Crippen LogP contribution in [0, 0.1) is 0 Å². The van der Waals surface area contributed by atoms with Gasteiger partial charge in [0.05, 0.1) is 30.2 Å². The number of hydrogen-bond acceptors (Lipinski definition) is 7. The number of thioether (sulfide) groups is 1. The fourth-order valence-electron chi connectivity index (χ4n) is 3.24. The van der Waals surface area contributed by atoms with Crippen molar-refractivity contribution in [1.82, 2.24) is 30.4 Å². The average molecular weight is 425 g/mol. The number of para-hydroxylation sites is 1. The Labute approximate surface area is 179 Å². The van der Waals surface area contributed by atoms with Crippen LogP contribution >= 0.6 is 11.8 Å². The van der Waals surface area contributed by atoms with E-state index in [-0.39, 0.29) is 5.91 Å². The Balaban J connectivity index is 1.37. The summed E-state index contributed by atoms with van der Waals surface area (Å²) in [5, 5.41) is 15.1. The Hall–Kier alpha value is -2.75. The van der Waals surface area contributed by atoms with Gasteiger partial charge in [0.25, 0.3) is 5.91 Å². The highest BCUT2D eigenvalue weighted by molar-refractivity contribution is 7.98. The van der Waals surface area contributed by atoms with Gasteiger partial charge < -0.3 is 10.1 Å². The molecule has 4 rings (SSSR count). The number of ether oxygens (including phenoxy) is 1. The number of carbonyl (C=O) groups excluding carboxylic acids is 1. The van der Waals surface area contributed by atoms with Crippen LogP contribution in [0.1, 0.15) is 16.2 Å². The fraction of sp³-hybridized carbons (Fsp3) is 0.333. The second-order valence-electron chi connectivity index (χ2n) is 6.84. The molecule has 1 N–H and O–H groups in total. The van der Waals surface area contributed by atoms with E-state index in [9.17, 15) is 4.79 Å². The van der Waals surface area contributed by atoms with Crippen LogP contribution < -0.4 is 5.32 Å². The van der Waals surface area contributed by atoms with Crippen molar-refractivity contribution in [3.63, 3.8) is 0 Å². The number of carbonyl (C=O) groups is 1. The molecule has 0 saturated carbocycles. The van der Waals surface area contributed by atoms with Gasteiger partial charge >= 0.3 is 0 Å². The molecule has 1 saturated heterocycles. The minimum atomic E-state index is -0.0611. The summed E-state index contributed by atoms with van der Waals surface area (Å²) in [7, 11) is 0. The lowest BCUT2D eigenvalue weighted by Crippen LogP contribution is -2.41. The Bertz CT molecular complexity index is 959. The van der Waals surface area contributed by atoms with Crippen LogP contribution in [0.25, 0.3) is 5.69 Å². The lowest BCUT2D eigenvalue weighted by Gasteiger charge is -2.26. The number of morpholine rings is 1. The zero-order valence-electron chi connectivity index (χ0n) is 16.6. The lowest BCUT2D eigenvalue weighted by atomic mass is 10.2. The number of amides is 1. The van der Waals surface area contributed by atoms with Gasteiger partial charge in [0.15, 0.2) is 5.82 Å². The molecule has 2 aromatic carbocycles. The first kappa shape index (κ1) is 20.5. The smallest absolute Gasteiger partial charge is 0.252 e. The molecule has 0 bridgehead atoms. The zero-order chi connectivity index (χ0) is 20.6. The first-order valence-corrected chi connectivity index (χ1v) is 10.9. The number of nitrogens with one attached hydrogen (secondary N) is 1. The van der Waals surface area contributed by atoms with E-state index in [0.717, 1.165) is 49.3 Å². The molecule has 1 aliphatic rings. The molecular weight excluding hydrogens is 400 g/mol. The van der Waals surface area contributed by atoms with Gasteiger partial charge in [-0.25, -0.2) is 0 Å². The molecule has 2 heterocycles. The summed E-state index contributed by atoms with van der Waals surface area (Å²) < 4.78 is 7.08. The predicted octanol–water partition coefficient (Wildman–Crippen LogP) is 2.02. The summed E-state index contributed by atoms with van der Waals surface area (Å²) in [6.07, 6.45) is 0. The Kier molecular flexibility index (Phi) is 7.07. The molecule has 0 radical (unpaired) electrons. The minimum Gasteiger partial charge on any atom is -0.379 e. The van der Waals surface area contributed by atoms with E-state index in [4.69, 9.17) is 4.74 Å². The molecule has 1 aliphatic heterocycles. The van der Waals surface area contributed by atoms with E-state index in [1.165, 1.54) is 0 Å². The van der Waals surface area contributed by atoms with E-state index in [1.54, 1.807) is 16.4 Å². The highest BCUT2D eigenvalue weighted by Gasteiger charge is 2.15. The van der Waals surface area contributed by atoms with Gasteiger partial charge in [-0.05, 0) is 34.7 Å². The molecule has 1 aromatic heterocycles. The highest BCUT2D eigenvalue weighted by atomic mass is 32.2. The number of hydrogen-bond donors (Lipinski definition) is 1. The summed E-state index contributed by atoms with van der Waals surface area (Å²) in [5.41, 5.74) is 1.58. The third kappa shape index (κ3) is 5.24. The quantitative estimate of drug-likeness (QED) is 0.554. The molecule has 1 fully saturated rings. The van der Waals surface area contributed by atoms with Crippen molar-refractivity contribution >= 4 is 17.7 Å².